The molecule has 0 saturated carbocycles. The number of hydrogen-bond donors (Lipinski definition) is 1. The Hall–Kier alpha value is -2.52. The Bertz CT molecular complexity index is 1410. The molecular weight excluding hydrogens is 501 g/mol. The minimum Gasteiger partial charge on any atom is -0.497 e. The molecule has 1 aliphatic heterocycles. The highest BCUT2D eigenvalue weighted by Gasteiger charge is 2.30. The number of thiazole rings is 1. The normalized spacial score (nSPS) is 14.6. The number of carbonyl (C=O) groups is 1. The van der Waals surface area contributed by atoms with Gasteiger partial charge in [-0.05, 0) is 49.2 Å². The number of carboxylic acids is 1. The molecule has 0 radical (unpaired) electrons. The van der Waals surface area contributed by atoms with Crippen molar-refractivity contribution in [2.75, 3.05) is 7.11 Å². The second kappa shape index (κ2) is 8.36. The van der Waals surface area contributed by atoms with Gasteiger partial charge in [-0.15, -0.1) is 11.8 Å². The van der Waals surface area contributed by atoms with E-state index in [4.69, 9.17) is 32.9 Å². The monoisotopic (exact) mass is 517 g/mol. The third-order valence-electron chi connectivity index (χ3n) is 5.48. The lowest BCUT2D eigenvalue weighted by Crippen LogP contribution is -2.09. The molecule has 3 heterocycles. The van der Waals surface area contributed by atoms with Crippen LogP contribution in [0.3, 0.4) is 0 Å². The molecule has 1 unspecified atom stereocenters. The fourth-order valence-corrected chi connectivity index (χ4v) is 6.80. The van der Waals surface area contributed by atoms with Crippen molar-refractivity contribution in [2.45, 2.75) is 23.3 Å². The Kier molecular flexibility index (Phi) is 5.64. The van der Waals surface area contributed by atoms with Crippen LogP contribution in [0.25, 0.3) is 27.5 Å². The van der Waals surface area contributed by atoms with E-state index in [1.54, 1.807) is 37.9 Å². The van der Waals surface area contributed by atoms with Crippen LogP contribution < -0.4 is 4.74 Å². The van der Waals surface area contributed by atoms with Crippen LogP contribution in [0.2, 0.25) is 10.0 Å². The van der Waals surface area contributed by atoms with Gasteiger partial charge in [-0.1, -0.05) is 46.7 Å². The number of ether oxygens (including phenoxy) is 1. The van der Waals surface area contributed by atoms with Gasteiger partial charge in [0.15, 0.2) is 5.69 Å². The summed E-state index contributed by atoms with van der Waals surface area (Å²) in [5.74, 6) is -0.386. The number of aryl methyl sites for hydroxylation is 1. The number of rotatable bonds is 4. The predicted octanol–water partition coefficient (Wildman–Crippen LogP) is 7.15. The molecule has 1 atom stereocenters. The van der Waals surface area contributed by atoms with Gasteiger partial charge in [0, 0.05) is 16.4 Å². The molecule has 1 N–H and O–H groups in total. The Morgan fingerprint density at radius 2 is 1.88 bits per heavy atom. The Morgan fingerprint density at radius 1 is 1.18 bits per heavy atom. The van der Waals surface area contributed by atoms with E-state index in [1.807, 2.05) is 24.3 Å². The first-order valence-electron chi connectivity index (χ1n) is 9.93. The third kappa shape index (κ3) is 3.71. The summed E-state index contributed by atoms with van der Waals surface area (Å²) in [4.78, 5) is 17.2. The molecule has 1 aliphatic rings. The highest BCUT2D eigenvalue weighted by molar-refractivity contribution is 8.01. The molecule has 33 heavy (non-hydrogen) atoms. The summed E-state index contributed by atoms with van der Waals surface area (Å²) in [6, 6.07) is 10.9. The van der Waals surface area contributed by atoms with Crippen LogP contribution in [-0.2, 0) is 0 Å². The molecule has 0 bridgehead atoms. The Morgan fingerprint density at radius 3 is 2.55 bits per heavy atom. The molecule has 0 amide bonds. The first-order valence-corrected chi connectivity index (χ1v) is 12.4. The fraction of sp³-hybridized carbons (Fsp3) is 0.174. The number of benzene rings is 2. The lowest BCUT2D eigenvalue weighted by Gasteiger charge is -2.21. The van der Waals surface area contributed by atoms with Crippen LogP contribution in [0, 0.1) is 6.92 Å². The summed E-state index contributed by atoms with van der Waals surface area (Å²) in [6.45, 7) is 3.89. The molecule has 0 saturated heterocycles. The van der Waals surface area contributed by atoms with Crippen molar-refractivity contribution in [3.8, 4) is 33.3 Å². The van der Waals surface area contributed by atoms with Crippen molar-refractivity contribution < 1.29 is 14.6 Å². The summed E-state index contributed by atoms with van der Waals surface area (Å²) in [7, 11) is 1.59. The highest BCUT2D eigenvalue weighted by atomic mass is 35.5. The molecule has 168 valence electrons. The first kappa shape index (κ1) is 22.3. The van der Waals surface area contributed by atoms with E-state index < -0.39 is 5.97 Å². The smallest absolute Gasteiger partial charge is 0.355 e. The van der Waals surface area contributed by atoms with E-state index in [-0.39, 0.29) is 10.9 Å². The van der Waals surface area contributed by atoms with Crippen molar-refractivity contribution >= 4 is 52.3 Å². The number of methoxy groups -OCH3 is 1. The first-order chi connectivity index (χ1) is 15.8. The number of aromatic carboxylic acids is 1. The average Bonchev–Trinajstić information content (AvgIpc) is 3.36. The minimum atomic E-state index is -1.08. The van der Waals surface area contributed by atoms with Gasteiger partial charge < -0.3 is 9.84 Å². The van der Waals surface area contributed by atoms with Gasteiger partial charge >= 0.3 is 5.97 Å². The predicted molar refractivity (Wildman–Crippen MR) is 133 cm³/mol. The number of carboxylic acid groups (broad SMARTS) is 1. The van der Waals surface area contributed by atoms with Crippen LogP contribution in [-0.4, -0.2) is 33.0 Å². The molecule has 5 rings (SSSR count). The standard InChI is InChI=1S/C23H17Cl2N3O3S2/c1-10-18(12-4-6-13(31-3)7-5-12)20(21(29)30)28(27-10)23-26-19-15-9-17(25)16(24)8-14(15)11(2)32-22(19)33-23/h4-9,11H,1-3H3,(H,29,30). The maximum Gasteiger partial charge on any atom is 0.355 e. The number of thioether (sulfide) groups is 1. The number of hydrogen-bond acceptors (Lipinski definition) is 6. The van der Waals surface area contributed by atoms with Crippen LogP contribution in [0.5, 0.6) is 5.75 Å². The summed E-state index contributed by atoms with van der Waals surface area (Å²) in [5, 5.41) is 16.3. The van der Waals surface area contributed by atoms with E-state index in [0.717, 1.165) is 26.6 Å². The average molecular weight is 518 g/mol. The van der Waals surface area contributed by atoms with Gasteiger partial charge in [0.1, 0.15) is 5.75 Å². The maximum atomic E-state index is 12.4. The second-order valence-corrected chi connectivity index (χ2v) is 10.9. The van der Waals surface area contributed by atoms with Crippen molar-refractivity contribution in [1.29, 1.82) is 0 Å². The number of fused-ring (bicyclic) bond motifs is 3. The summed E-state index contributed by atoms with van der Waals surface area (Å²) in [5.41, 5.74) is 4.68. The van der Waals surface area contributed by atoms with E-state index in [2.05, 4.69) is 12.0 Å². The number of nitrogens with zero attached hydrogens (tertiary/aromatic N) is 3. The molecule has 2 aromatic carbocycles. The van der Waals surface area contributed by atoms with Crippen molar-refractivity contribution in [2.24, 2.45) is 0 Å². The van der Waals surface area contributed by atoms with Crippen molar-refractivity contribution in [3.63, 3.8) is 0 Å². The van der Waals surface area contributed by atoms with Crippen molar-refractivity contribution in [3.05, 3.63) is 63.4 Å². The molecule has 6 nitrogen and oxygen atoms in total. The van der Waals surface area contributed by atoms with Gasteiger partial charge in [0.05, 0.1) is 32.8 Å². The lowest BCUT2D eigenvalue weighted by atomic mass is 10.0. The third-order valence-corrected chi connectivity index (χ3v) is 8.58. The second-order valence-electron chi connectivity index (χ2n) is 7.50. The maximum absolute atomic E-state index is 12.4. The Labute approximate surface area is 208 Å². The zero-order chi connectivity index (χ0) is 23.4. The molecular formula is C23H17Cl2N3O3S2. The van der Waals surface area contributed by atoms with E-state index in [1.165, 1.54) is 16.0 Å². The van der Waals surface area contributed by atoms with Gasteiger partial charge in [-0.3, -0.25) is 0 Å². The van der Waals surface area contributed by atoms with Crippen LogP contribution in [0.1, 0.15) is 33.9 Å². The molecule has 0 fully saturated rings. The van der Waals surface area contributed by atoms with E-state index in [9.17, 15) is 9.90 Å². The molecule has 4 aromatic rings. The quantitative estimate of drug-likeness (QED) is 0.309. The number of halogens is 2. The van der Waals surface area contributed by atoms with Gasteiger partial charge in [0.25, 0.3) is 0 Å². The minimum absolute atomic E-state index is 0.0659. The fourth-order valence-electron chi connectivity index (χ4n) is 3.93. The molecule has 10 heteroatoms. The number of aromatic nitrogens is 3. The van der Waals surface area contributed by atoms with Gasteiger partial charge in [0.2, 0.25) is 5.13 Å². The van der Waals surface area contributed by atoms with Gasteiger partial charge in [-0.25, -0.2) is 9.78 Å². The van der Waals surface area contributed by atoms with E-state index >= 15 is 0 Å². The highest BCUT2D eigenvalue weighted by Crippen LogP contribution is 2.53. The van der Waals surface area contributed by atoms with Gasteiger partial charge in [-0.2, -0.15) is 9.78 Å². The van der Waals surface area contributed by atoms with Crippen molar-refractivity contribution in [1.82, 2.24) is 14.8 Å². The molecule has 2 aromatic heterocycles. The summed E-state index contributed by atoms with van der Waals surface area (Å²) >= 11 is 15.6. The largest absolute Gasteiger partial charge is 0.497 e. The van der Waals surface area contributed by atoms with E-state index in [0.29, 0.717) is 32.2 Å². The zero-order valence-corrected chi connectivity index (χ0v) is 20.9. The van der Waals surface area contributed by atoms with Crippen LogP contribution in [0.4, 0.5) is 0 Å². The zero-order valence-electron chi connectivity index (χ0n) is 17.7. The summed E-state index contributed by atoms with van der Waals surface area (Å²) in [6.07, 6.45) is 0. The molecule has 0 aliphatic carbocycles. The SMILES string of the molecule is COc1ccc(-c2c(C)nn(-c3nc4c(s3)SC(C)c3cc(Cl)c(Cl)cc3-4)c2C(=O)O)cc1. The van der Waals surface area contributed by atoms with Crippen LogP contribution >= 0.6 is 46.3 Å². The van der Waals surface area contributed by atoms with Crippen LogP contribution in [0.15, 0.2) is 40.6 Å². The Balaban J connectivity index is 1.67. The summed E-state index contributed by atoms with van der Waals surface area (Å²) < 4.78 is 7.63. The lowest BCUT2D eigenvalue weighted by molar-refractivity contribution is 0.0688. The topological polar surface area (TPSA) is 77.2 Å². The molecule has 0 spiro atoms.